The van der Waals surface area contributed by atoms with Gasteiger partial charge in [0.15, 0.2) is 11.5 Å². The van der Waals surface area contributed by atoms with Crippen molar-refractivity contribution in [3.8, 4) is 11.5 Å². The Labute approximate surface area is 119 Å². The molecule has 1 unspecified atom stereocenters. The van der Waals surface area contributed by atoms with E-state index in [4.69, 9.17) is 15.2 Å². The Morgan fingerprint density at radius 2 is 2.05 bits per heavy atom. The number of amides is 1. The lowest BCUT2D eigenvalue weighted by Crippen LogP contribution is -2.42. The molecule has 0 radical (unpaired) electrons. The molecule has 0 aromatic heterocycles. The van der Waals surface area contributed by atoms with Crippen molar-refractivity contribution < 1.29 is 14.3 Å². The van der Waals surface area contributed by atoms with E-state index in [9.17, 15) is 4.79 Å². The highest BCUT2D eigenvalue weighted by Gasteiger charge is 2.20. The first-order chi connectivity index (χ1) is 9.47. The third kappa shape index (κ3) is 3.42. The van der Waals surface area contributed by atoms with Gasteiger partial charge >= 0.3 is 0 Å². The molecule has 1 aromatic carbocycles. The monoisotopic (exact) mass is 278 g/mol. The van der Waals surface area contributed by atoms with Crippen LogP contribution in [0.5, 0.6) is 11.5 Å². The smallest absolute Gasteiger partial charge is 0.239 e. The first-order valence-corrected chi connectivity index (χ1v) is 6.86. The maximum Gasteiger partial charge on any atom is 0.239 e. The molecule has 1 atom stereocenters. The Balaban J connectivity index is 1.97. The molecule has 1 amide bonds. The number of nitrogens with zero attached hydrogens (tertiary/aromatic N) is 1. The summed E-state index contributed by atoms with van der Waals surface area (Å²) in [7, 11) is 1.77. The lowest BCUT2D eigenvalue weighted by atomic mass is 10.0. The molecule has 1 aliphatic heterocycles. The Kier molecular flexibility index (Phi) is 4.49. The third-order valence-electron chi connectivity index (χ3n) is 3.28. The second-order valence-electron chi connectivity index (χ2n) is 5.62. The minimum Gasteiger partial charge on any atom is -0.454 e. The van der Waals surface area contributed by atoms with Gasteiger partial charge in [0.2, 0.25) is 12.7 Å². The van der Waals surface area contributed by atoms with Crippen molar-refractivity contribution in [3.05, 3.63) is 23.8 Å². The highest BCUT2D eigenvalue weighted by atomic mass is 16.7. The Morgan fingerprint density at radius 1 is 1.35 bits per heavy atom. The molecule has 0 spiro atoms. The van der Waals surface area contributed by atoms with Crippen LogP contribution in [0.3, 0.4) is 0 Å². The predicted octanol–water partition coefficient (Wildman–Crippen LogP) is 1.75. The van der Waals surface area contributed by atoms with Crippen LogP contribution in [-0.2, 0) is 11.3 Å². The summed E-state index contributed by atoms with van der Waals surface area (Å²) in [5.74, 6) is 1.86. The summed E-state index contributed by atoms with van der Waals surface area (Å²) in [6, 6.07) is 5.27. The number of carbonyl (C=O) groups is 1. The van der Waals surface area contributed by atoms with Crippen molar-refractivity contribution in [2.24, 2.45) is 11.7 Å². The van der Waals surface area contributed by atoms with Gasteiger partial charge in [0, 0.05) is 13.6 Å². The Hall–Kier alpha value is -1.75. The molecule has 0 fully saturated rings. The molecule has 2 N–H and O–H groups in total. The maximum absolute atomic E-state index is 12.2. The Bertz CT molecular complexity index is 488. The van der Waals surface area contributed by atoms with Crippen molar-refractivity contribution in [1.82, 2.24) is 4.90 Å². The number of likely N-dealkylation sites (N-methyl/N-ethyl adjacent to an activating group) is 1. The molecule has 5 nitrogen and oxygen atoms in total. The van der Waals surface area contributed by atoms with Gasteiger partial charge in [-0.25, -0.2) is 0 Å². The molecule has 0 saturated heterocycles. The molecule has 0 aliphatic carbocycles. The van der Waals surface area contributed by atoms with Crippen LogP contribution < -0.4 is 15.2 Å². The van der Waals surface area contributed by atoms with Gasteiger partial charge in [0.25, 0.3) is 0 Å². The number of hydrogen-bond donors (Lipinski definition) is 1. The van der Waals surface area contributed by atoms with E-state index >= 15 is 0 Å². The fraction of sp³-hybridized carbons (Fsp3) is 0.533. The van der Waals surface area contributed by atoms with Crippen LogP contribution in [0, 0.1) is 5.92 Å². The summed E-state index contributed by atoms with van der Waals surface area (Å²) in [4.78, 5) is 13.8. The molecule has 0 bridgehead atoms. The van der Waals surface area contributed by atoms with E-state index in [1.165, 1.54) is 0 Å². The van der Waals surface area contributed by atoms with E-state index in [0.717, 1.165) is 17.1 Å². The molecule has 2 rings (SSSR count). The molecule has 1 heterocycles. The first kappa shape index (κ1) is 14.7. The normalized spacial score (nSPS) is 14.4. The van der Waals surface area contributed by atoms with Crippen LogP contribution in [0.4, 0.5) is 0 Å². The fourth-order valence-electron chi connectivity index (χ4n) is 2.28. The van der Waals surface area contributed by atoms with Crippen molar-refractivity contribution in [1.29, 1.82) is 0 Å². The lowest BCUT2D eigenvalue weighted by Gasteiger charge is -2.22. The number of rotatable bonds is 5. The summed E-state index contributed by atoms with van der Waals surface area (Å²) < 4.78 is 10.6. The number of fused-ring (bicyclic) bond motifs is 1. The van der Waals surface area contributed by atoms with E-state index in [2.05, 4.69) is 13.8 Å². The van der Waals surface area contributed by atoms with Gasteiger partial charge in [-0.1, -0.05) is 19.9 Å². The summed E-state index contributed by atoms with van der Waals surface area (Å²) >= 11 is 0. The van der Waals surface area contributed by atoms with Crippen LogP contribution in [0.15, 0.2) is 18.2 Å². The molecule has 1 aromatic rings. The van der Waals surface area contributed by atoms with Gasteiger partial charge < -0.3 is 20.1 Å². The quantitative estimate of drug-likeness (QED) is 0.891. The van der Waals surface area contributed by atoms with Crippen LogP contribution in [0.25, 0.3) is 0 Å². The summed E-state index contributed by atoms with van der Waals surface area (Å²) in [5.41, 5.74) is 6.93. The van der Waals surface area contributed by atoms with E-state index in [0.29, 0.717) is 18.9 Å². The number of benzene rings is 1. The molecule has 20 heavy (non-hydrogen) atoms. The van der Waals surface area contributed by atoms with Crippen molar-refractivity contribution >= 4 is 5.91 Å². The third-order valence-corrected chi connectivity index (χ3v) is 3.28. The molecule has 0 saturated carbocycles. The molecular formula is C15H22N2O3. The summed E-state index contributed by atoms with van der Waals surface area (Å²) in [6.07, 6.45) is 0.699. The van der Waals surface area contributed by atoms with Gasteiger partial charge in [-0.3, -0.25) is 4.79 Å². The molecule has 5 heteroatoms. The standard InChI is InChI=1S/C15H22N2O3/c1-10(2)6-12(16)15(18)17(3)8-11-4-5-13-14(7-11)20-9-19-13/h4-5,7,10,12H,6,8-9,16H2,1-3H3. The highest BCUT2D eigenvalue weighted by Crippen LogP contribution is 2.32. The first-order valence-electron chi connectivity index (χ1n) is 6.86. The minimum atomic E-state index is -0.436. The highest BCUT2D eigenvalue weighted by molar-refractivity contribution is 5.81. The molecule has 110 valence electrons. The van der Waals surface area contributed by atoms with Crippen molar-refractivity contribution in [2.75, 3.05) is 13.8 Å². The average Bonchev–Trinajstić information content (AvgIpc) is 2.84. The topological polar surface area (TPSA) is 64.8 Å². The SMILES string of the molecule is CC(C)CC(N)C(=O)N(C)Cc1ccc2c(c1)OCO2. The van der Waals surface area contributed by atoms with Crippen molar-refractivity contribution in [2.45, 2.75) is 32.9 Å². The largest absolute Gasteiger partial charge is 0.454 e. The zero-order valence-electron chi connectivity index (χ0n) is 12.3. The zero-order chi connectivity index (χ0) is 14.7. The fourth-order valence-corrected chi connectivity index (χ4v) is 2.28. The van der Waals surface area contributed by atoms with Crippen LogP contribution in [0.2, 0.25) is 0 Å². The van der Waals surface area contributed by atoms with E-state index in [-0.39, 0.29) is 12.7 Å². The number of carbonyl (C=O) groups excluding carboxylic acids is 1. The molecular weight excluding hydrogens is 256 g/mol. The van der Waals surface area contributed by atoms with Gasteiger partial charge in [-0.05, 0) is 30.0 Å². The van der Waals surface area contributed by atoms with Crippen LogP contribution >= 0.6 is 0 Å². The van der Waals surface area contributed by atoms with Gasteiger partial charge in [-0.2, -0.15) is 0 Å². The zero-order valence-corrected chi connectivity index (χ0v) is 12.3. The summed E-state index contributed by atoms with van der Waals surface area (Å²) in [6.45, 7) is 4.89. The molecule has 1 aliphatic rings. The minimum absolute atomic E-state index is 0.0311. The van der Waals surface area contributed by atoms with E-state index in [1.54, 1.807) is 11.9 Å². The van der Waals surface area contributed by atoms with Crippen LogP contribution in [0.1, 0.15) is 25.8 Å². The van der Waals surface area contributed by atoms with Crippen molar-refractivity contribution in [3.63, 3.8) is 0 Å². The van der Waals surface area contributed by atoms with Crippen LogP contribution in [-0.4, -0.2) is 30.7 Å². The lowest BCUT2D eigenvalue weighted by molar-refractivity contribution is -0.132. The number of nitrogens with two attached hydrogens (primary N) is 1. The van der Waals surface area contributed by atoms with Gasteiger partial charge in [0.1, 0.15) is 0 Å². The number of ether oxygens (including phenoxy) is 2. The van der Waals surface area contributed by atoms with Gasteiger partial charge in [0.05, 0.1) is 6.04 Å². The Morgan fingerprint density at radius 3 is 2.75 bits per heavy atom. The van der Waals surface area contributed by atoms with E-state index in [1.807, 2.05) is 18.2 Å². The summed E-state index contributed by atoms with van der Waals surface area (Å²) in [5, 5.41) is 0. The maximum atomic E-state index is 12.2. The average molecular weight is 278 g/mol. The van der Waals surface area contributed by atoms with Gasteiger partial charge in [-0.15, -0.1) is 0 Å². The second kappa shape index (κ2) is 6.13. The second-order valence-corrected chi connectivity index (χ2v) is 5.62. The predicted molar refractivity (Wildman–Crippen MR) is 76.5 cm³/mol. The van der Waals surface area contributed by atoms with E-state index < -0.39 is 6.04 Å². The number of hydrogen-bond acceptors (Lipinski definition) is 4.